The minimum absolute atomic E-state index is 0.284. The zero-order chi connectivity index (χ0) is 16.5. The second-order valence-corrected chi connectivity index (χ2v) is 6.03. The Labute approximate surface area is 139 Å². The number of rotatable bonds is 7. The molecule has 5 heteroatoms. The molecule has 1 aromatic carbocycles. The van der Waals surface area contributed by atoms with E-state index >= 15 is 0 Å². The van der Waals surface area contributed by atoms with Gasteiger partial charge in [0, 0.05) is 31.5 Å². The highest BCUT2D eigenvalue weighted by atomic mass is 16.5. The van der Waals surface area contributed by atoms with Gasteiger partial charge in [0.1, 0.15) is 5.75 Å². The van der Waals surface area contributed by atoms with Crippen molar-refractivity contribution in [3.05, 3.63) is 23.8 Å². The Hall–Kier alpha value is -1.75. The van der Waals surface area contributed by atoms with Gasteiger partial charge in [-0.1, -0.05) is 12.8 Å². The van der Waals surface area contributed by atoms with Crippen molar-refractivity contribution in [3.8, 4) is 5.75 Å². The number of nitrogens with one attached hydrogen (secondary N) is 2. The summed E-state index contributed by atoms with van der Waals surface area (Å²) in [5.74, 6) is 1.11. The predicted molar refractivity (Wildman–Crippen MR) is 95.3 cm³/mol. The summed E-state index contributed by atoms with van der Waals surface area (Å²) in [7, 11) is 0. The van der Waals surface area contributed by atoms with Gasteiger partial charge in [0.25, 0.3) is 0 Å². The largest absolute Gasteiger partial charge is 0.508 e. The van der Waals surface area contributed by atoms with Crippen LogP contribution in [0.5, 0.6) is 5.75 Å². The lowest BCUT2D eigenvalue weighted by atomic mass is 10.2. The van der Waals surface area contributed by atoms with E-state index in [2.05, 4.69) is 15.6 Å². The van der Waals surface area contributed by atoms with E-state index < -0.39 is 0 Å². The van der Waals surface area contributed by atoms with E-state index in [4.69, 9.17) is 4.74 Å². The molecule has 1 aromatic rings. The van der Waals surface area contributed by atoms with E-state index in [1.54, 1.807) is 12.1 Å². The third-order valence-corrected chi connectivity index (χ3v) is 4.08. The smallest absolute Gasteiger partial charge is 0.196 e. The quantitative estimate of drug-likeness (QED) is 0.312. The molecule has 0 aliphatic heterocycles. The lowest BCUT2D eigenvalue weighted by Gasteiger charge is -2.18. The maximum absolute atomic E-state index is 9.54. The Bertz CT molecular complexity index is 511. The highest BCUT2D eigenvalue weighted by Crippen LogP contribution is 2.21. The molecule has 0 amide bonds. The Morgan fingerprint density at radius 1 is 1.35 bits per heavy atom. The van der Waals surface area contributed by atoms with Crippen LogP contribution in [0, 0.1) is 6.92 Å². The first-order valence-electron chi connectivity index (χ1n) is 8.64. The van der Waals surface area contributed by atoms with Crippen molar-refractivity contribution in [1.29, 1.82) is 0 Å². The van der Waals surface area contributed by atoms with E-state index in [0.29, 0.717) is 6.04 Å². The fourth-order valence-corrected chi connectivity index (χ4v) is 2.80. The molecule has 128 valence electrons. The Morgan fingerprint density at radius 2 is 2.13 bits per heavy atom. The molecule has 0 atom stereocenters. The first-order chi connectivity index (χ1) is 11.2. The van der Waals surface area contributed by atoms with Crippen molar-refractivity contribution >= 4 is 11.6 Å². The number of hydrogen-bond donors (Lipinski definition) is 3. The summed E-state index contributed by atoms with van der Waals surface area (Å²) < 4.78 is 5.36. The number of phenols is 1. The zero-order valence-electron chi connectivity index (χ0n) is 14.3. The summed E-state index contributed by atoms with van der Waals surface area (Å²) in [5, 5.41) is 16.4. The zero-order valence-corrected chi connectivity index (χ0v) is 14.3. The number of ether oxygens (including phenoxy) is 1. The molecule has 0 unspecified atom stereocenters. The maximum Gasteiger partial charge on any atom is 0.196 e. The number of anilines is 1. The van der Waals surface area contributed by atoms with Crippen molar-refractivity contribution in [3.63, 3.8) is 0 Å². The minimum Gasteiger partial charge on any atom is -0.508 e. The highest BCUT2D eigenvalue weighted by molar-refractivity contribution is 5.94. The number of aliphatic imine (C=N–C) groups is 1. The summed E-state index contributed by atoms with van der Waals surface area (Å²) in [6, 6.07) is 5.84. The van der Waals surface area contributed by atoms with Crippen LogP contribution >= 0.6 is 0 Å². The van der Waals surface area contributed by atoms with Crippen LogP contribution in [0.25, 0.3) is 0 Å². The van der Waals surface area contributed by atoms with Crippen LogP contribution in [0.4, 0.5) is 5.69 Å². The Balaban J connectivity index is 1.97. The van der Waals surface area contributed by atoms with Crippen molar-refractivity contribution in [2.75, 3.05) is 25.1 Å². The molecule has 0 heterocycles. The number of nitrogens with zero attached hydrogens (tertiary/aromatic N) is 1. The second kappa shape index (κ2) is 9.40. The minimum atomic E-state index is 0.284. The van der Waals surface area contributed by atoms with Crippen molar-refractivity contribution in [2.45, 2.75) is 52.0 Å². The van der Waals surface area contributed by atoms with E-state index in [1.165, 1.54) is 25.7 Å². The Kier molecular flexibility index (Phi) is 7.20. The van der Waals surface area contributed by atoms with Crippen LogP contribution in [0.2, 0.25) is 0 Å². The molecule has 1 aliphatic rings. The monoisotopic (exact) mass is 319 g/mol. The lowest BCUT2D eigenvalue weighted by Crippen LogP contribution is -2.38. The maximum atomic E-state index is 9.54. The van der Waals surface area contributed by atoms with E-state index in [9.17, 15) is 5.11 Å². The number of benzene rings is 1. The highest BCUT2D eigenvalue weighted by Gasteiger charge is 2.16. The van der Waals surface area contributed by atoms with Gasteiger partial charge in [0.15, 0.2) is 5.96 Å². The van der Waals surface area contributed by atoms with Gasteiger partial charge in [-0.3, -0.25) is 4.99 Å². The first-order valence-corrected chi connectivity index (χ1v) is 8.64. The molecule has 0 saturated heterocycles. The molecular formula is C18H29N3O2. The van der Waals surface area contributed by atoms with Gasteiger partial charge in [0.05, 0.1) is 0 Å². The Morgan fingerprint density at radius 3 is 2.83 bits per heavy atom. The molecule has 0 bridgehead atoms. The molecule has 5 nitrogen and oxygen atoms in total. The van der Waals surface area contributed by atoms with Gasteiger partial charge in [0.2, 0.25) is 0 Å². The molecule has 0 radical (unpaired) electrons. The summed E-state index contributed by atoms with van der Waals surface area (Å²) in [5.41, 5.74) is 1.97. The van der Waals surface area contributed by atoms with Gasteiger partial charge < -0.3 is 20.5 Å². The van der Waals surface area contributed by atoms with Crippen molar-refractivity contribution < 1.29 is 9.84 Å². The number of guanidine groups is 1. The summed E-state index contributed by atoms with van der Waals surface area (Å²) in [4.78, 5) is 4.67. The SMILES string of the molecule is CCOCCCN=C(Nc1ccc(O)cc1C)NC1CCCC1. The molecule has 0 aromatic heterocycles. The second-order valence-electron chi connectivity index (χ2n) is 6.03. The molecule has 1 fully saturated rings. The standard InChI is InChI=1S/C18H29N3O2/c1-3-23-12-6-11-19-18(20-15-7-4-5-8-15)21-17-10-9-16(22)13-14(17)2/h9-10,13,15,22H,3-8,11-12H2,1-2H3,(H2,19,20,21). The molecule has 0 spiro atoms. The summed E-state index contributed by atoms with van der Waals surface area (Å²) >= 11 is 0. The molecule has 2 rings (SSSR count). The molecule has 1 aliphatic carbocycles. The normalized spacial score (nSPS) is 15.8. The van der Waals surface area contributed by atoms with Crippen LogP contribution in [0.1, 0.15) is 44.6 Å². The molecule has 1 saturated carbocycles. The third kappa shape index (κ3) is 6.10. The van der Waals surface area contributed by atoms with Crippen molar-refractivity contribution in [2.24, 2.45) is 4.99 Å². The van der Waals surface area contributed by atoms with Gasteiger partial charge in [-0.25, -0.2) is 0 Å². The number of aryl methyl sites for hydroxylation is 1. The van der Waals surface area contributed by atoms with Crippen molar-refractivity contribution in [1.82, 2.24) is 5.32 Å². The average Bonchev–Trinajstić information content (AvgIpc) is 3.02. The van der Waals surface area contributed by atoms with E-state index in [0.717, 1.165) is 43.4 Å². The van der Waals surface area contributed by atoms with Crippen LogP contribution < -0.4 is 10.6 Å². The summed E-state index contributed by atoms with van der Waals surface area (Å²) in [6.07, 6.45) is 5.89. The van der Waals surface area contributed by atoms with Crippen LogP contribution in [0.15, 0.2) is 23.2 Å². The van der Waals surface area contributed by atoms with Gasteiger partial charge in [-0.15, -0.1) is 0 Å². The average molecular weight is 319 g/mol. The number of phenolic OH excluding ortho intramolecular Hbond substituents is 1. The predicted octanol–water partition coefficient (Wildman–Crippen LogP) is 3.43. The van der Waals surface area contributed by atoms with Crippen LogP contribution in [0.3, 0.4) is 0 Å². The summed E-state index contributed by atoms with van der Waals surface area (Å²) in [6.45, 7) is 6.21. The van der Waals surface area contributed by atoms with Gasteiger partial charge in [-0.05, 0) is 56.9 Å². The van der Waals surface area contributed by atoms with Gasteiger partial charge in [-0.2, -0.15) is 0 Å². The van der Waals surface area contributed by atoms with E-state index in [-0.39, 0.29) is 5.75 Å². The fourth-order valence-electron chi connectivity index (χ4n) is 2.80. The third-order valence-electron chi connectivity index (χ3n) is 4.08. The molecular weight excluding hydrogens is 290 g/mol. The van der Waals surface area contributed by atoms with E-state index in [1.807, 2.05) is 19.9 Å². The first kappa shape index (κ1) is 17.6. The van der Waals surface area contributed by atoms with Crippen LogP contribution in [-0.4, -0.2) is 36.9 Å². The number of aromatic hydroxyl groups is 1. The molecule has 3 N–H and O–H groups in total. The lowest BCUT2D eigenvalue weighted by molar-refractivity contribution is 0.146. The topological polar surface area (TPSA) is 65.9 Å². The number of hydrogen-bond acceptors (Lipinski definition) is 3. The fraction of sp³-hybridized carbons (Fsp3) is 0.611. The van der Waals surface area contributed by atoms with Gasteiger partial charge >= 0.3 is 0 Å². The van der Waals surface area contributed by atoms with Crippen LogP contribution in [-0.2, 0) is 4.74 Å². The molecule has 23 heavy (non-hydrogen) atoms.